The van der Waals surface area contributed by atoms with Crippen LogP contribution in [0, 0.1) is 6.92 Å². The van der Waals surface area contributed by atoms with Gasteiger partial charge >= 0.3 is 0 Å². The highest BCUT2D eigenvalue weighted by Crippen LogP contribution is 2.26. The average molecular weight is 296 g/mol. The van der Waals surface area contributed by atoms with E-state index in [2.05, 4.69) is 16.8 Å². The summed E-state index contributed by atoms with van der Waals surface area (Å²) in [4.78, 5) is 19.8. The minimum Gasteiger partial charge on any atom is -0.336 e. The van der Waals surface area contributed by atoms with Gasteiger partial charge in [0.2, 0.25) is 0 Å². The number of benzene rings is 1. The van der Waals surface area contributed by atoms with Gasteiger partial charge in [-0.2, -0.15) is 0 Å². The molecule has 3 nitrogen and oxygen atoms in total. The molecule has 1 heterocycles. The number of aromatic nitrogens is 1. The Morgan fingerprint density at radius 3 is 2.68 bits per heavy atom. The molecule has 116 valence electrons. The summed E-state index contributed by atoms with van der Waals surface area (Å²) in [6.07, 6.45) is 6.07. The van der Waals surface area contributed by atoms with Gasteiger partial charge in [-0.3, -0.25) is 9.78 Å². The van der Waals surface area contributed by atoms with E-state index in [9.17, 15) is 4.79 Å². The van der Waals surface area contributed by atoms with E-state index in [0.717, 1.165) is 41.5 Å². The van der Waals surface area contributed by atoms with Crippen LogP contribution in [0.3, 0.4) is 0 Å². The van der Waals surface area contributed by atoms with Crippen molar-refractivity contribution in [1.29, 1.82) is 0 Å². The Labute approximate surface area is 132 Å². The third kappa shape index (κ3) is 2.85. The van der Waals surface area contributed by atoms with Crippen LogP contribution in [-0.2, 0) is 0 Å². The van der Waals surface area contributed by atoms with E-state index in [0.29, 0.717) is 6.04 Å². The van der Waals surface area contributed by atoms with Crippen LogP contribution in [-0.4, -0.2) is 28.4 Å². The van der Waals surface area contributed by atoms with Gasteiger partial charge in [-0.05, 0) is 38.8 Å². The summed E-state index contributed by atoms with van der Waals surface area (Å²) in [5, 5.41) is 0.965. The number of carbonyl (C=O) groups is 1. The van der Waals surface area contributed by atoms with Gasteiger partial charge in [0.05, 0.1) is 11.1 Å². The van der Waals surface area contributed by atoms with E-state index in [1.54, 1.807) is 0 Å². The van der Waals surface area contributed by atoms with Gasteiger partial charge in [-0.1, -0.05) is 37.5 Å². The fraction of sp³-hybridized carbons (Fsp3) is 0.474. The Bertz CT molecular complexity index is 674. The maximum absolute atomic E-state index is 13.1. The number of fused-ring (bicyclic) bond motifs is 1. The summed E-state index contributed by atoms with van der Waals surface area (Å²) >= 11 is 0. The first-order valence-corrected chi connectivity index (χ1v) is 8.38. The molecular formula is C19H24N2O. The molecule has 0 aliphatic heterocycles. The molecule has 1 amide bonds. The van der Waals surface area contributed by atoms with E-state index in [1.165, 1.54) is 19.3 Å². The van der Waals surface area contributed by atoms with Crippen LogP contribution in [0.4, 0.5) is 0 Å². The van der Waals surface area contributed by atoms with E-state index < -0.39 is 0 Å². The van der Waals surface area contributed by atoms with Gasteiger partial charge in [-0.25, -0.2) is 0 Å². The quantitative estimate of drug-likeness (QED) is 0.844. The summed E-state index contributed by atoms with van der Waals surface area (Å²) in [5.41, 5.74) is 2.61. The summed E-state index contributed by atoms with van der Waals surface area (Å²) in [5.74, 6) is 0.163. The summed E-state index contributed by atoms with van der Waals surface area (Å²) < 4.78 is 0. The van der Waals surface area contributed by atoms with Crippen molar-refractivity contribution in [1.82, 2.24) is 9.88 Å². The number of hydrogen-bond acceptors (Lipinski definition) is 2. The second-order valence-corrected chi connectivity index (χ2v) is 6.21. The largest absolute Gasteiger partial charge is 0.336 e. The van der Waals surface area contributed by atoms with Gasteiger partial charge in [0.15, 0.2) is 0 Å². The molecule has 0 spiro atoms. The SMILES string of the molecule is CCN(C(=O)c1cc(C)nc2ccccc12)C1CCCCC1. The normalized spacial score (nSPS) is 15.9. The molecule has 0 N–H and O–H groups in total. The van der Waals surface area contributed by atoms with Crippen LogP contribution in [0.25, 0.3) is 10.9 Å². The lowest BCUT2D eigenvalue weighted by Gasteiger charge is -2.34. The molecule has 1 aliphatic carbocycles. The number of rotatable bonds is 3. The van der Waals surface area contributed by atoms with Crippen molar-refractivity contribution in [3.05, 3.63) is 41.6 Å². The van der Waals surface area contributed by atoms with Crippen molar-refractivity contribution in [2.24, 2.45) is 0 Å². The Morgan fingerprint density at radius 1 is 1.23 bits per heavy atom. The molecule has 0 unspecified atom stereocenters. The molecule has 0 atom stereocenters. The number of para-hydroxylation sites is 1. The second-order valence-electron chi connectivity index (χ2n) is 6.21. The Kier molecular flexibility index (Phi) is 4.41. The minimum atomic E-state index is 0.163. The second kappa shape index (κ2) is 6.47. The highest BCUT2D eigenvalue weighted by Gasteiger charge is 2.26. The highest BCUT2D eigenvalue weighted by molar-refractivity contribution is 6.06. The fourth-order valence-electron chi connectivity index (χ4n) is 3.60. The molecule has 0 radical (unpaired) electrons. The highest BCUT2D eigenvalue weighted by atomic mass is 16.2. The number of hydrogen-bond donors (Lipinski definition) is 0. The number of aryl methyl sites for hydroxylation is 1. The zero-order valence-corrected chi connectivity index (χ0v) is 13.5. The van der Waals surface area contributed by atoms with Crippen molar-refractivity contribution in [2.75, 3.05) is 6.54 Å². The van der Waals surface area contributed by atoms with Crippen molar-refractivity contribution in [3.63, 3.8) is 0 Å². The Hall–Kier alpha value is -1.90. The molecule has 3 heteroatoms. The van der Waals surface area contributed by atoms with Crippen molar-refractivity contribution < 1.29 is 4.79 Å². The molecule has 2 aromatic rings. The van der Waals surface area contributed by atoms with Crippen molar-refractivity contribution in [3.8, 4) is 0 Å². The maximum atomic E-state index is 13.1. The minimum absolute atomic E-state index is 0.163. The third-order valence-electron chi connectivity index (χ3n) is 4.69. The summed E-state index contributed by atoms with van der Waals surface area (Å²) in [7, 11) is 0. The first-order chi connectivity index (χ1) is 10.7. The molecule has 22 heavy (non-hydrogen) atoms. The van der Waals surface area contributed by atoms with Crippen LogP contribution in [0.15, 0.2) is 30.3 Å². The lowest BCUT2D eigenvalue weighted by molar-refractivity contribution is 0.0650. The molecule has 0 bridgehead atoms. The molecule has 0 saturated heterocycles. The maximum Gasteiger partial charge on any atom is 0.254 e. The zero-order valence-electron chi connectivity index (χ0n) is 13.5. The van der Waals surface area contributed by atoms with E-state index >= 15 is 0 Å². The molecular weight excluding hydrogens is 272 g/mol. The first kappa shape index (κ1) is 15.0. The molecule has 1 fully saturated rings. The predicted molar refractivity (Wildman–Crippen MR) is 90.1 cm³/mol. The van der Waals surface area contributed by atoms with Crippen molar-refractivity contribution >= 4 is 16.8 Å². The Balaban J connectivity index is 1.99. The fourth-order valence-corrected chi connectivity index (χ4v) is 3.60. The van der Waals surface area contributed by atoms with Crippen LogP contribution in [0.5, 0.6) is 0 Å². The van der Waals surface area contributed by atoms with Crippen LogP contribution in [0.1, 0.15) is 55.1 Å². The zero-order chi connectivity index (χ0) is 15.5. The number of amides is 1. The number of pyridine rings is 1. The predicted octanol–water partition coefficient (Wildman–Crippen LogP) is 4.34. The molecule has 1 aliphatic rings. The Morgan fingerprint density at radius 2 is 1.95 bits per heavy atom. The van der Waals surface area contributed by atoms with Crippen LogP contribution < -0.4 is 0 Å². The summed E-state index contributed by atoms with van der Waals surface area (Å²) in [6.45, 7) is 4.82. The van der Waals surface area contributed by atoms with Crippen molar-refractivity contribution in [2.45, 2.75) is 52.0 Å². The standard InChI is InChI=1S/C19H24N2O/c1-3-21(15-9-5-4-6-10-15)19(22)17-13-14(2)20-18-12-8-7-11-16(17)18/h7-8,11-13,15H,3-6,9-10H2,1-2H3. The molecule has 1 saturated carbocycles. The van der Waals surface area contributed by atoms with Gasteiger partial charge in [0, 0.05) is 23.7 Å². The smallest absolute Gasteiger partial charge is 0.254 e. The van der Waals surface area contributed by atoms with E-state index in [1.807, 2.05) is 37.3 Å². The lowest BCUT2D eigenvalue weighted by Crippen LogP contribution is -2.41. The van der Waals surface area contributed by atoms with E-state index in [4.69, 9.17) is 0 Å². The van der Waals surface area contributed by atoms with Gasteiger partial charge in [-0.15, -0.1) is 0 Å². The molecule has 1 aromatic carbocycles. The van der Waals surface area contributed by atoms with Gasteiger partial charge < -0.3 is 4.90 Å². The summed E-state index contributed by atoms with van der Waals surface area (Å²) in [6, 6.07) is 10.3. The number of nitrogens with zero attached hydrogens (tertiary/aromatic N) is 2. The lowest BCUT2D eigenvalue weighted by atomic mass is 9.93. The van der Waals surface area contributed by atoms with Gasteiger partial charge in [0.25, 0.3) is 5.91 Å². The monoisotopic (exact) mass is 296 g/mol. The van der Waals surface area contributed by atoms with Crippen LogP contribution in [0.2, 0.25) is 0 Å². The molecule has 1 aromatic heterocycles. The third-order valence-corrected chi connectivity index (χ3v) is 4.69. The molecule has 3 rings (SSSR count). The number of carbonyl (C=O) groups excluding carboxylic acids is 1. The van der Waals surface area contributed by atoms with E-state index in [-0.39, 0.29) is 5.91 Å². The average Bonchev–Trinajstić information content (AvgIpc) is 2.55. The van der Waals surface area contributed by atoms with Gasteiger partial charge in [0.1, 0.15) is 0 Å². The van der Waals surface area contributed by atoms with Crippen LogP contribution >= 0.6 is 0 Å². The topological polar surface area (TPSA) is 33.2 Å². The first-order valence-electron chi connectivity index (χ1n) is 8.38.